The molecule has 0 atom stereocenters. The Bertz CT molecular complexity index is 383. The van der Waals surface area contributed by atoms with Gasteiger partial charge in [0.05, 0.1) is 12.1 Å². The second-order valence-electron chi connectivity index (χ2n) is 3.68. The second-order valence-corrected chi connectivity index (χ2v) is 3.68. The van der Waals surface area contributed by atoms with Crippen LogP contribution in [0.4, 0.5) is 0 Å². The molecule has 0 amide bonds. The Labute approximate surface area is 87.6 Å². The summed E-state index contributed by atoms with van der Waals surface area (Å²) < 4.78 is 0. The molecule has 1 fully saturated rings. The second kappa shape index (κ2) is 4.21. The zero-order valence-corrected chi connectivity index (χ0v) is 8.26. The molecule has 0 radical (unpaired) electrons. The number of carbonyl (C=O) groups is 1. The minimum absolute atomic E-state index is 0.147. The minimum Gasteiger partial charge on any atom is -0.411 e. The first-order valence-electron chi connectivity index (χ1n) is 4.96. The summed E-state index contributed by atoms with van der Waals surface area (Å²) in [5.41, 5.74) is 0.918. The van der Waals surface area contributed by atoms with Gasteiger partial charge in [-0.25, -0.2) is 0 Å². The molecular formula is C11H12N2O2. The number of oxime groups is 1. The van der Waals surface area contributed by atoms with E-state index in [0.29, 0.717) is 11.4 Å². The summed E-state index contributed by atoms with van der Waals surface area (Å²) >= 11 is 0. The summed E-state index contributed by atoms with van der Waals surface area (Å²) in [4.78, 5) is 15.6. The predicted octanol–water partition coefficient (Wildman–Crippen LogP) is 1.63. The highest BCUT2D eigenvalue weighted by atomic mass is 16.4. The number of ketones is 1. The lowest BCUT2D eigenvalue weighted by Gasteiger charge is -2.01. The highest BCUT2D eigenvalue weighted by Gasteiger charge is 2.30. The molecule has 1 aliphatic carbocycles. The summed E-state index contributed by atoms with van der Waals surface area (Å²) in [6.45, 7) is 0. The van der Waals surface area contributed by atoms with E-state index in [4.69, 9.17) is 5.21 Å². The zero-order valence-electron chi connectivity index (χ0n) is 8.26. The number of nitrogens with zero attached hydrogens (tertiary/aromatic N) is 2. The SMILES string of the molecule is O=C(C/C(=N/O)c1ccccn1)C1CC1. The van der Waals surface area contributed by atoms with E-state index >= 15 is 0 Å². The van der Waals surface area contributed by atoms with Crippen LogP contribution in [-0.4, -0.2) is 21.7 Å². The van der Waals surface area contributed by atoms with Gasteiger partial charge in [-0.05, 0) is 25.0 Å². The number of hydrogen-bond acceptors (Lipinski definition) is 4. The molecule has 1 aromatic heterocycles. The fourth-order valence-corrected chi connectivity index (χ4v) is 1.43. The van der Waals surface area contributed by atoms with Crippen LogP contribution in [0.2, 0.25) is 0 Å². The lowest BCUT2D eigenvalue weighted by Crippen LogP contribution is -2.12. The van der Waals surface area contributed by atoms with Gasteiger partial charge in [0.25, 0.3) is 0 Å². The van der Waals surface area contributed by atoms with Crippen molar-refractivity contribution < 1.29 is 10.0 Å². The van der Waals surface area contributed by atoms with Gasteiger partial charge in [0.15, 0.2) is 0 Å². The highest BCUT2D eigenvalue weighted by Crippen LogP contribution is 2.31. The third kappa shape index (κ3) is 2.40. The van der Waals surface area contributed by atoms with E-state index in [1.165, 1.54) is 0 Å². The van der Waals surface area contributed by atoms with Gasteiger partial charge < -0.3 is 5.21 Å². The summed E-state index contributed by atoms with van der Waals surface area (Å²) in [6, 6.07) is 5.31. The maximum Gasteiger partial charge on any atom is 0.142 e. The van der Waals surface area contributed by atoms with Gasteiger partial charge in [0.2, 0.25) is 0 Å². The van der Waals surface area contributed by atoms with Gasteiger partial charge in [0.1, 0.15) is 11.5 Å². The Hall–Kier alpha value is -1.71. The van der Waals surface area contributed by atoms with Crippen molar-refractivity contribution in [2.45, 2.75) is 19.3 Å². The van der Waals surface area contributed by atoms with Crippen molar-refractivity contribution in [3.05, 3.63) is 30.1 Å². The number of carbonyl (C=O) groups excluding carboxylic acids is 1. The molecule has 1 N–H and O–H groups in total. The van der Waals surface area contributed by atoms with E-state index in [2.05, 4.69) is 10.1 Å². The van der Waals surface area contributed by atoms with Crippen LogP contribution in [0.3, 0.4) is 0 Å². The van der Waals surface area contributed by atoms with Crippen LogP contribution >= 0.6 is 0 Å². The summed E-state index contributed by atoms with van der Waals surface area (Å²) in [5, 5.41) is 12.0. The normalized spacial score (nSPS) is 16.4. The standard InChI is InChI=1S/C11H12N2O2/c14-11(8-4-5-8)7-10(13-15)9-3-1-2-6-12-9/h1-3,6,8,15H,4-5,7H2/b13-10-. The Morgan fingerprint density at radius 1 is 1.53 bits per heavy atom. The molecule has 0 unspecified atom stereocenters. The van der Waals surface area contributed by atoms with Crippen molar-refractivity contribution in [2.75, 3.05) is 0 Å². The molecule has 4 heteroatoms. The van der Waals surface area contributed by atoms with E-state index in [1.807, 2.05) is 0 Å². The topological polar surface area (TPSA) is 62.5 Å². The molecule has 2 rings (SSSR count). The Balaban J connectivity index is 2.08. The Kier molecular flexibility index (Phi) is 2.76. The third-order valence-corrected chi connectivity index (χ3v) is 2.46. The molecular weight excluding hydrogens is 192 g/mol. The highest BCUT2D eigenvalue weighted by molar-refractivity contribution is 6.10. The third-order valence-electron chi connectivity index (χ3n) is 2.46. The van der Waals surface area contributed by atoms with Gasteiger partial charge in [-0.2, -0.15) is 0 Å². The molecule has 1 aromatic rings. The molecule has 15 heavy (non-hydrogen) atoms. The summed E-state index contributed by atoms with van der Waals surface area (Å²) in [5.74, 6) is 0.332. The lowest BCUT2D eigenvalue weighted by molar-refractivity contribution is -0.119. The smallest absolute Gasteiger partial charge is 0.142 e. The molecule has 0 aromatic carbocycles. The van der Waals surface area contributed by atoms with Crippen LogP contribution < -0.4 is 0 Å². The fraction of sp³-hybridized carbons (Fsp3) is 0.364. The van der Waals surface area contributed by atoms with E-state index < -0.39 is 0 Å². The van der Waals surface area contributed by atoms with Crippen LogP contribution in [0.5, 0.6) is 0 Å². The van der Waals surface area contributed by atoms with Crippen LogP contribution in [0.25, 0.3) is 0 Å². The number of rotatable bonds is 4. The monoisotopic (exact) mass is 204 g/mol. The van der Waals surface area contributed by atoms with Crippen LogP contribution in [0, 0.1) is 5.92 Å². The van der Waals surface area contributed by atoms with Crippen molar-refractivity contribution in [1.82, 2.24) is 4.98 Å². The maximum absolute atomic E-state index is 11.5. The van der Waals surface area contributed by atoms with Crippen molar-refractivity contribution in [3.8, 4) is 0 Å². The molecule has 1 aliphatic rings. The van der Waals surface area contributed by atoms with Gasteiger partial charge in [-0.15, -0.1) is 0 Å². The molecule has 0 saturated heterocycles. The van der Waals surface area contributed by atoms with Crippen molar-refractivity contribution in [2.24, 2.45) is 11.1 Å². The molecule has 1 heterocycles. The first-order chi connectivity index (χ1) is 7.31. The predicted molar refractivity (Wildman–Crippen MR) is 54.9 cm³/mol. The Morgan fingerprint density at radius 2 is 2.33 bits per heavy atom. The first kappa shape index (κ1) is 9.83. The maximum atomic E-state index is 11.5. The molecule has 78 valence electrons. The van der Waals surface area contributed by atoms with Gasteiger partial charge in [-0.1, -0.05) is 11.2 Å². The minimum atomic E-state index is 0.147. The number of aromatic nitrogens is 1. The van der Waals surface area contributed by atoms with Gasteiger partial charge in [-0.3, -0.25) is 9.78 Å². The van der Waals surface area contributed by atoms with E-state index in [0.717, 1.165) is 12.8 Å². The summed E-state index contributed by atoms with van der Waals surface area (Å²) in [6.07, 6.45) is 3.74. The fourth-order valence-electron chi connectivity index (χ4n) is 1.43. The van der Waals surface area contributed by atoms with Crippen LogP contribution in [0.15, 0.2) is 29.6 Å². The Morgan fingerprint density at radius 3 is 2.87 bits per heavy atom. The number of hydrogen-bond donors (Lipinski definition) is 1. The molecule has 0 bridgehead atoms. The largest absolute Gasteiger partial charge is 0.411 e. The van der Waals surface area contributed by atoms with Crippen molar-refractivity contribution in [3.63, 3.8) is 0 Å². The van der Waals surface area contributed by atoms with E-state index in [-0.39, 0.29) is 18.1 Å². The molecule has 1 saturated carbocycles. The van der Waals surface area contributed by atoms with Crippen LogP contribution in [0.1, 0.15) is 25.0 Å². The summed E-state index contributed by atoms with van der Waals surface area (Å²) in [7, 11) is 0. The van der Waals surface area contributed by atoms with E-state index in [1.54, 1.807) is 24.4 Å². The first-order valence-corrected chi connectivity index (χ1v) is 4.96. The average Bonchev–Trinajstić information content (AvgIpc) is 3.10. The van der Waals surface area contributed by atoms with Gasteiger partial charge in [0, 0.05) is 12.1 Å². The number of pyridine rings is 1. The molecule has 4 nitrogen and oxygen atoms in total. The average molecular weight is 204 g/mol. The molecule has 0 aliphatic heterocycles. The molecule has 0 spiro atoms. The zero-order chi connectivity index (χ0) is 10.7. The van der Waals surface area contributed by atoms with E-state index in [9.17, 15) is 4.79 Å². The lowest BCUT2D eigenvalue weighted by atomic mass is 10.1. The number of Topliss-reactive ketones (excluding diaryl/α,β-unsaturated/α-hetero) is 1. The van der Waals surface area contributed by atoms with Crippen LogP contribution in [-0.2, 0) is 4.79 Å². The quantitative estimate of drug-likeness (QED) is 0.460. The van der Waals surface area contributed by atoms with Crippen molar-refractivity contribution >= 4 is 11.5 Å². The van der Waals surface area contributed by atoms with Crippen molar-refractivity contribution in [1.29, 1.82) is 0 Å². The van der Waals surface area contributed by atoms with Gasteiger partial charge >= 0.3 is 0 Å².